The van der Waals surface area contributed by atoms with E-state index in [0.29, 0.717) is 24.7 Å². The zero-order valence-electron chi connectivity index (χ0n) is 21.9. The van der Waals surface area contributed by atoms with Crippen LogP contribution < -0.4 is 10.2 Å². The summed E-state index contributed by atoms with van der Waals surface area (Å²) in [7, 11) is 3.19. The number of benzene rings is 2. The number of alkyl halides is 3. The standard InChI is InChI=1S/C26H31F3N4O6/c1-5-36-22-21(34-3)16(2)37-25(23(22)35-4)39-31-14-17-6-8-18(9-7-17)24-30-15-33(32-24)19-10-12-20(13-11-19)38-26(27,28)29/h6-13,15-16,21-23,25,31H,5,14H2,1-4H3/t16-,21-,22+,23+,25-/m0/s1. The first kappa shape index (κ1) is 28.9. The van der Waals surface area contributed by atoms with Crippen LogP contribution in [0.3, 0.4) is 0 Å². The third-order valence-corrected chi connectivity index (χ3v) is 6.15. The maximum Gasteiger partial charge on any atom is 0.573 e. The van der Waals surface area contributed by atoms with Gasteiger partial charge in [-0.2, -0.15) is 5.48 Å². The number of hydrogen-bond donors (Lipinski definition) is 1. The minimum absolute atomic E-state index is 0.262. The highest BCUT2D eigenvalue weighted by Gasteiger charge is 2.46. The van der Waals surface area contributed by atoms with Crippen LogP contribution in [0, 0.1) is 0 Å². The van der Waals surface area contributed by atoms with Gasteiger partial charge in [-0.1, -0.05) is 24.3 Å². The summed E-state index contributed by atoms with van der Waals surface area (Å²) in [5.74, 6) is 0.152. The highest BCUT2D eigenvalue weighted by molar-refractivity contribution is 5.55. The average molecular weight is 553 g/mol. The number of aromatic nitrogens is 3. The zero-order valence-corrected chi connectivity index (χ0v) is 21.9. The van der Waals surface area contributed by atoms with Crippen LogP contribution in [-0.4, -0.2) is 72.7 Å². The Labute approximate surface area is 223 Å². The van der Waals surface area contributed by atoms with E-state index in [1.54, 1.807) is 14.2 Å². The summed E-state index contributed by atoms with van der Waals surface area (Å²) in [6.07, 6.45) is -5.35. The molecular weight excluding hydrogens is 521 g/mol. The third-order valence-electron chi connectivity index (χ3n) is 6.15. The van der Waals surface area contributed by atoms with Gasteiger partial charge < -0.3 is 23.7 Å². The van der Waals surface area contributed by atoms with Gasteiger partial charge in [0, 0.05) is 32.9 Å². The van der Waals surface area contributed by atoms with E-state index in [9.17, 15) is 13.2 Å². The van der Waals surface area contributed by atoms with Crippen molar-refractivity contribution in [3.05, 3.63) is 60.4 Å². The third kappa shape index (κ3) is 7.32. The van der Waals surface area contributed by atoms with E-state index >= 15 is 0 Å². The second kappa shape index (κ2) is 12.9. The molecule has 1 fully saturated rings. The molecule has 2 aromatic carbocycles. The van der Waals surface area contributed by atoms with Crippen molar-refractivity contribution in [1.82, 2.24) is 20.2 Å². The fraction of sp³-hybridized carbons (Fsp3) is 0.462. The minimum Gasteiger partial charge on any atom is -0.406 e. The summed E-state index contributed by atoms with van der Waals surface area (Å²) >= 11 is 0. The molecule has 2 heterocycles. The van der Waals surface area contributed by atoms with Crippen LogP contribution in [0.5, 0.6) is 5.75 Å². The van der Waals surface area contributed by atoms with Gasteiger partial charge in [0.15, 0.2) is 5.82 Å². The summed E-state index contributed by atoms with van der Waals surface area (Å²) in [6.45, 7) is 4.70. The Morgan fingerprint density at radius 1 is 0.974 bits per heavy atom. The first-order valence-electron chi connectivity index (χ1n) is 12.3. The molecule has 3 aromatic rings. The molecule has 5 atom stereocenters. The van der Waals surface area contributed by atoms with Crippen molar-refractivity contribution in [2.75, 3.05) is 20.8 Å². The van der Waals surface area contributed by atoms with Crippen molar-refractivity contribution in [2.24, 2.45) is 0 Å². The van der Waals surface area contributed by atoms with Crippen LogP contribution in [-0.2, 0) is 30.3 Å². The highest BCUT2D eigenvalue weighted by atomic mass is 19.4. The van der Waals surface area contributed by atoms with Gasteiger partial charge in [-0.05, 0) is 43.7 Å². The SMILES string of the molecule is CCO[C@@H]1[C@@H](OC)[C@H](C)O[C@@H](ONCc2ccc(-c3ncn(-c4ccc(OC(F)(F)F)cc4)n3)cc2)[C@@H]1OC. The van der Waals surface area contributed by atoms with Crippen molar-refractivity contribution in [3.63, 3.8) is 0 Å². The van der Waals surface area contributed by atoms with Crippen LogP contribution in [0.4, 0.5) is 13.2 Å². The number of methoxy groups -OCH3 is 2. The second-order valence-electron chi connectivity index (χ2n) is 8.72. The molecule has 4 rings (SSSR count). The lowest BCUT2D eigenvalue weighted by atomic mass is 9.99. The van der Waals surface area contributed by atoms with Crippen LogP contribution in [0.25, 0.3) is 17.1 Å². The molecule has 0 unspecified atom stereocenters. The molecule has 0 aliphatic carbocycles. The predicted molar refractivity (Wildman–Crippen MR) is 133 cm³/mol. The Morgan fingerprint density at radius 2 is 1.67 bits per heavy atom. The molecule has 0 radical (unpaired) electrons. The largest absolute Gasteiger partial charge is 0.573 e. The van der Waals surface area contributed by atoms with Gasteiger partial charge in [0.1, 0.15) is 30.4 Å². The summed E-state index contributed by atoms with van der Waals surface area (Å²) in [4.78, 5) is 10.1. The summed E-state index contributed by atoms with van der Waals surface area (Å²) in [6, 6.07) is 12.9. The van der Waals surface area contributed by atoms with E-state index in [1.807, 2.05) is 38.1 Å². The molecule has 39 heavy (non-hydrogen) atoms. The number of hydroxylamine groups is 1. The van der Waals surface area contributed by atoms with Crippen molar-refractivity contribution in [1.29, 1.82) is 0 Å². The first-order valence-corrected chi connectivity index (χ1v) is 12.3. The van der Waals surface area contributed by atoms with Crippen molar-refractivity contribution < 1.29 is 41.7 Å². The van der Waals surface area contributed by atoms with Crippen LogP contribution >= 0.6 is 0 Å². The van der Waals surface area contributed by atoms with Crippen LogP contribution in [0.1, 0.15) is 19.4 Å². The van der Waals surface area contributed by atoms with Crippen molar-refractivity contribution in [3.8, 4) is 22.8 Å². The molecule has 1 aliphatic rings. The summed E-state index contributed by atoms with van der Waals surface area (Å²) in [5.41, 5.74) is 5.18. The van der Waals surface area contributed by atoms with Gasteiger partial charge >= 0.3 is 6.36 Å². The van der Waals surface area contributed by atoms with E-state index in [4.69, 9.17) is 23.8 Å². The minimum atomic E-state index is -4.75. The quantitative estimate of drug-likeness (QED) is 0.354. The van der Waals surface area contributed by atoms with Gasteiger partial charge in [-0.25, -0.2) is 9.67 Å². The fourth-order valence-electron chi connectivity index (χ4n) is 4.32. The molecule has 1 aromatic heterocycles. The van der Waals surface area contributed by atoms with Gasteiger partial charge in [-0.15, -0.1) is 18.3 Å². The van der Waals surface area contributed by atoms with Crippen molar-refractivity contribution >= 4 is 0 Å². The summed E-state index contributed by atoms with van der Waals surface area (Å²) < 4.78 is 65.5. The maximum atomic E-state index is 12.4. The topological polar surface area (TPSA) is 98.1 Å². The first-order chi connectivity index (χ1) is 18.7. The molecule has 1 aliphatic heterocycles. The lowest BCUT2D eigenvalue weighted by molar-refractivity contribution is -0.322. The second-order valence-corrected chi connectivity index (χ2v) is 8.72. The molecule has 212 valence electrons. The lowest BCUT2D eigenvalue weighted by Crippen LogP contribution is -2.60. The molecule has 1 saturated heterocycles. The van der Waals surface area contributed by atoms with Gasteiger partial charge in [0.2, 0.25) is 6.29 Å². The van der Waals surface area contributed by atoms with E-state index in [-0.39, 0.29) is 24.1 Å². The van der Waals surface area contributed by atoms with Crippen LogP contribution in [0.15, 0.2) is 54.9 Å². The number of hydrogen-bond acceptors (Lipinski definition) is 9. The zero-order chi connectivity index (χ0) is 28.0. The monoisotopic (exact) mass is 552 g/mol. The fourth-order valence-corrected chi connectivity index (χ4v) is 4.32. The van der Waals surface area contributed by atoms with Crippen LogP contribution in [0.2, 0.25) is 0 Å². The lowest BCUT2D eigenvalue weighted by Gasteiger charge is -2.43. The number of halogens is 3. The molecule has 10 nitrogen and oxygen atoms in total. The Morgan fingerprint density at radius 3 is 2.28 bits per heavy atom. The van der Waals surface area contributed by atoms with Crippen molar-refractivity contribution in [2.45, 2.75) is 57.5 Å². The Balaban J connectivity index is 1.33. The van der Waals surface area contributed by atoms with Gasteiger partial charge in [-0.3, -0.25) is 4.84 Å². The van der Waals surface area contributed by atoms with E-state index in [2.05, 4.69) is 20.3 Å². The predicted octanol–water partition coefficient (Wildman–Crippen LogP) is 4.03. The molecule has 0 saturated carbocycles. The molecule has 0 spiro atoms. The number of rotatable bonds is 11. The molecule has 0 bridgehead atoms. The highest BCUT2D eigenvalue weighted by Crippen LogP contribution is 2.28. The number of nitrogens with one attached hydrogen (secondary N) is 1. The van der Waals surface area contributed by atoms with E-state index in [1.165, 1.54) is 35.3 Å². The summed E-state index contributed by atoms with van der Waals surface area (Å²) in [5, 5.41) is 4.42. The molecule has 13 heteroatoms. The van der Waals surface area contributed by atoms with E-state index < -0.39 is 18.8 Å². The maximum absolute atomic E-state index is 12.4. The van der Waals surface area contributed by atoms with E-state index in [0.717, 1.165) is 11.1 Å². The number of nitrogens with zero attached hydrogens (tertiary/aromatic N) is 3. The number of ether oxygens (including phenoxy) is 5. The smallest absolute Gasteiger partial charge is 0.406 e. The Bertz CT molecular complexity index is 1180. The molecular formula is C26H31F3N4O6. The van der Waals surface area contributed by atoms with Gasteiger partial charge in [0.05, 0.1) is 11.8 Å². The average Bonchev–Trinajstić information content (AvgIpc) is 3.39. The molecule has 1 N–H and O–H groups in total. The normalized spacial score (nSPS) is 23.6. The Hall–Kier alpha value is -3.07. The van der Waals surface area contributed by atoms with Gasteiger partial charge in [0.25, 0.3) is 0 Å². The Kier molecular flexibility index (Phi) is 9.53. The molecule has 0 amide bonds.